The zero-order valence-electron chi connectivity index (χ0n) is 8.34. The van der Waals surface area contributed by atoms with Gasteiger partial charge in [-0.25, -0.2) is 9.59 Å². The van der Waals surface area contributed by atoms with E-state index in [-0.39, 0.29) is 17.2 Å². The molecule has 1 aromatic rings. The fraction of sp³-hybridized carbons (Fsp3) is 0.273. The summed E-state index contributed by atoms with van der Waals surface area (Å²) in [7, 11) is 0. The van der Waals surface area contributed by atoms with Gasteiger partial charge in [-0.15, -0.1) is 0 Å². The number of aromatic carboxylic acids is 2. The average molecular weight is 222 g/mol. The molecule has 1 aliphatic rings. The van der Waals surface area contributed by atoms with Crippen molar-refractivity contribution in [3.63, 3.8) is 0 Å². The maximum absolute atomic E-state index is 10.9. The Kier molecular flexibility index (Phi) is 2.62. The lowest BCUT2D eigenvalue weighted by Crippen LogP contribution is -2.07. The maximum Gasteiger partial charge on any atom is 0.335 e. The Bertz CT molecular complexity index is 448. The number of carbonyl (C=O) groups is 2. The molecule has 0 bridgehead atoms. The Morgan fingerprint density at radius 1 is 1.31 bits per heavy atom. The Morgan fingerprint density at radius 2 is 2.00 bits per heavy atom. The molecule has 2 rings (SSSR count). The third-order valence-electron chi connectivity index (χ3n) is 2.43. The molecule has 0 aliphatic carbocycles. The molecule has 1 unspecified atom stereocenters. The summed E-state index contributed by atoms with van der Waals surface area (Å²) in [6, 6.07) is 4.01. The fourth-order valence-electron chi connectivity index (χ4n) is 1.54. The lowest BCUT2D eigenvalue weighted by molar-refractivity contribution is 0.0680. The van der Waals surface area contributed by atoms with Gasteiger partial charge in [0, 0.05) is 6.42 Å². The summed E-state index contributed by atoms with van der Waals surface area (Å²) >= 11 is 0. The number of benzene rings is 1. The van der Waals surface area contributed by atoms with Gasteiger partial charge in [-0.1, -0.05) is 0 Å². The van der Waals surface area contributed by atoms with Crippen molar-refractivity contribution in [2.75, 3.05) is 6.61 Å². The molecule has 5 heteroatoms. The van der Waals surface area contributed by atoms with Crippen molar-refractivity contribution in [1.29, 1.82) is 0 Å². The van der Waals surface area contributed by atoms with Crippen LogP contribution in [0.3, 0.4) is 0 Å². The monoisotopic (exact) mass is 222 g/mol. The summed E-state index contributed by atoms with van der Waals surface area (Å²) in [6.45, 7) is 0.607. The Morgan fingerprint density at radius 3 is 2.50 bits per heavy atom. The molecule has 0 aromatic heterocycles. The van der Waals surface area contributed by atoms with Crippen LogP contribution in [0.1, 0.15) is 26.3 Å². The van der Waals surface area contributed by atoms with Gasteiger partial charge >= 0.3 is 11.9 Å². The molecule has 1 fully saturated rings. The van der Waals surface area contributed by atoms with Gasteiger partial charge in [0.1, 0.15) is 0 Å². The Labute approximate surface area is 91.3 Å². The second-order valence-electron chi connectivity index (χ2n) is 3.64. The van der Waals surface area contributed by atoms with E-state index in [9.17, 15) is 9.59 Å². The fourth-order valence-corrected chi connectivity index (χ4v) is 1.54. The number of rotatable bonds is 4. The van der Waals surface area contributed by atoms with Gasteiger partial charge in [-0.3, -0.25) is 0 Å². The molecule has 1 atom stereocenters. The molecular formula is C11H10O5. The van der Waals surface area contributed by atoms with Crippen molar-refractivity contribution in [3.05, 3.63) is 34.9 Å². The van der Waals surface area contributed by atoms with Crippen LogP contribution in [0.5, 0.6) is 0 Å². The summed E-state index contributed by atoms with van der Waals surface area (Å²) in [5.41, 5.74) is 0.746. The van der Waals surface area contributed by atoms with Crippen molar-refractivity contribution in [3.8, 4) is 0 Å². The Balaban J connectivity index is 2.37. The van der Waals surface area contributed by atoms with E-state index in [2.05, 4.69) is 0 Å². The first kappa shape index (κ1) is 10.6. The van der Waals surface area contributed by atoms with E-state index in [4.69, 9.17) is 14.9 Å². The normalized spacial score (nSPS) is 18.1. The number of hydrogen-bond acceptors (Lipinski definition) is 3. The van der Waals surface area contributed by atoms with Gasteiger partial charge in [-0.2, -0.15) is 0 Å². The van der Waals surface area contributed by atoms with Crippen LogP contribution in [0.2, 0.25) is 0 Å². The van der Waals surface area contributed by atoms with Crippen LogP contribution >= 0.6 is 0 Å². The predicted molar refractivity (Wildman–Crippen MR) is 53.8 cm³/mol. The van der Waals surface area contributed by atoms with Crippen LogP contribution in [0.15, 0.2) is 18.2 Å². The molecule has 84 valence electrons. The number of carboxylic acids is 2. The quantitative estimate of drug-likeness (QED) is 0.743. The van der Waals surface area contributed by atoms with E-state index in [0.29, 0.717) is 18.6 Å². The molecule has 1 saturated heterocycles. The van der Waals surface area contributed by atoms with Crippen LogP contribution in [0.4, 0.5) is 0 Å². The summed E-state index contributed by atoms with van der Waals surface area (Å²) in [4.78, 5) is 21.7. The lowest BCUT2D eigenvalue weighted by atomic mass is 10.00. The molecule has 1 heterocycles. The second-order valence-corrected chi connectivity index (χ2v) is 3.64. The van der Waals surface area contributed by atoms with Crippen LogP contribution in [-0.4, -0.2) is 34.9 Å². The molecule has 1 aliphatic heterocycles. The first-order chi connectivity index (χ1) is 7.58. The van der Waals surface area contributed by atoms with Gasteiger partial charge in [0.15, 0.2) is 0 Å². The highest BCUT2D eigenvalue weighted by Crippen LogP contribution is 2.20. The molecule has 0 spiro atoms. The first-order valence-electron chi connectivity index (χ1n) is 4.79. The minimum absolute atomic E-state index is 0.0298. The van der Waals surface area contributed by atoms with E-state index < -0.39 is 11.9 Å². The highest BCUT2D eigenvalue weighted by atomic mass is 16.6. The van der Waals surface area contributed by atoms with Gasteiger partial charge in [0.25, 0.3) is 0 Å². The number of hydrogen-bond donors (Lipinski definition) is 2. The van der Waals surface area contributed by atoms with Gasteiger partial charge in [0.2, 0.25) is 0 Å². The third kappa shape index (κ3) is 2.20. The first-order valence-corrected chi connectivity index (χ1v) is 4.79. The van der Waals surface area contributed by atoms with Crippen LogP contribution < -0.4 is 0 Å². The largest absolute Gasteiger partial charge is 0.478 e. The molecule has 0 radical (unpaired) electrons. The lowest BCUT2D eigenvalue weighted by Gasteiger charge is -2.05. The van der Waals surface area contributed by atoms with Crippen molar-refractivity contribution in [2.24, 2.45) is 0 Å². The van der Waals surface area contributed by atoms with Gasteiger partial charge in [0.05, 0.1) is 23.8 Å². The molecule has 0 amide bonds. The molecule has 5 nitrogen and oxygen atoms in total. The van der Waals surface area contributed by atoms with Crippen molar-refractivity contribution in [1.82, 2.24) is 0 Å². The molecule has 16 heavy (non-hydrogen) atoms. The number of carboxylic acid groups (broad SMARTS) is 2. The predicted octanol–water partition coefficient (Wildman–Crippen LogP) is 1.02. The van der Waals surface area contributed by atoms with Gasteiger partial charge in [-0.05, 0) is 23.8 Å². The molecule has 1 aromatic carbocycles. The SMILES string of the molecule is O=C(O)c1ccc(C(=O)O)c(CC2CO2)c1. The highest BCUT2D eigenvalue weighted by molar-refractivity contribution is 5.93. The summed E-state index contributed by atoms with van der Waals surface area (Å²) in [6.07, 6.45) is 0.477. The second kappa shape index (κ2) is 3.94. The third-order valence-corrected chi connectivity index (χ3v) is 2.43. The van der Waals surface area contributed by atoms with Crippen molar-refractivity contribution >= 4 is 11.9 Å². The van der Waals surface area contributed by atoms with Crippen molar-refractivity contribution < 1.29 is 24.5 Å². The van der Waals surface area contributed by atoms with E-state index in [1.165, 1.54) is 18.2 Å². The van der Waals surface area contributed by atoms with Crippen LogP contribution in [0, 0.1) is 0 Å². The van der Waals surface area contributed by atoms with E-state index in [1.54, 1.807) is 0 Å². The summed E-state index contributed by atoms with van der Waals surface area (Å²) in [5, 5.41) is 17.8. The molecule has 2 N–H and O–H groups in total. The smallest absolute Gasteiger partial charge is 0.335 e. The standard InChI is InChI=1S/C11H10O5/c12-10(13)6-1-2-9(11(14)15)7(3-6)4-8-5-16-8/h1-3,8H,4-5H2,(H,12,13)(H,14,15). The topological polar surface area (TPSA) is 87.1 Å². The number of ether oxygens (including phenoxy) is 1. The molecular weight excluding hydrogens is 212 g/mol. The van der Waals surface area contributed by atoms with E-state index in [1.807, 2.05) is 0 Å². The van der Waals surface area contributed by atoms with Crippen molar-refractivity contribution in [2.45, 2.75) is 12.5 Å². The zero-order chi connectivity index (χ0) is 11.7. The maximum atomic E-state index is 10.9. The zero-order valence-corrected chi connectivity index (χ0v) is 8.34. The van der Waals surface area contributed by atoms with Crippen LogP contribution in [-0.2, 0) is 11.2 Å². The molecule has 0 saturated carbocycles. The highest BCUT2D eigenvalue weighted by Gasteiger charge is 2.25. The Hall–Kier alpha value is -1.88. The van der Waals surface area contributed by atoms with Crippen LogP contribution in [0.25, 0.3) is 0 Å². The summed E-state index contributed by atoms with van der Waals surface area (Å²) < 4.78 is 5.01. The van der Waals surface area contributed by atoms with E-state index >= 15 is 0 Å². The summed E-state index contributed by atoms with van der Waals surface area (Å²) in [5.74, 6) is -2.11. The minimum atomic E-state index is -1.06. The van der Waals surface area contributed by atoms with Gasteiger partial charge < -0.3 is 14.9 Å². The minimum Gasteiger partial charge on any atom is -0.478 e. The average Bonchev–Trinajstić information content (AvgIpc) is 3.01. The van der Waals surface area contributed by atoms with E-state index in [0.717, 1.165) is 0 Å². The number of epoxide rings is 1.